The van der Waals surface area contributed by atoms with Crippen molar-refractivity contribution in [1.29, 1.82) is 0 Å². The van der Waals surface area contributed by atoms with Gasteiger partial charge in [-0.15, -0.1) is 10.2 Å². The second kappa shape index (κ2) is 5.52. The number of rotatable bonds is 3. The fraction of sp³-hybridized carbons (Fsp3) is 0.250. The zero-order valence-electron chi connectivity index (χ0n) is 11.5. The summed E-state index contributed by atoms with van der Waals surface area (Å²) >= 11 is 0. The third-order valence-electron chi connectivity index (χ3n) is 2.60. The summed E-state index contributed by atoms with van der Waals surface area (Å²) in [6, 6.07) is 6.76. The summed E-state index contributed by atoms with van der Waals surface area (Å²) in [5.74, 6) is -1.50. The van der Waals surface area contributed by atoms with Crippen LogP contribution in [-0.2, 0) is 16.0 Å². The molecule has 0 atom stereocenters. The number of aromatic nitrogens is 3. The Labute approximate surface area is 124 Å². The predicted molar refractivity (Wildman–Crippen MR) is 72.3 cm³/mol. The molecule has 0 bridgehead atoms. The highest BCUT2D eigenvalue weighted by atomic mass is 32.2. The SMILES string of the molecule is Cc1ccc(/C=N/n2c(C(F)(F)F)nnc2S(C)(=O)=O)cc1. The third kappa shape index (κ3) is 3.50. The number of sulfone groups is 1. The molecule has 6 nitrogen and oxygen atoms in total. The van der Waals surface area contributed by atoms with E-state index in [2.05, 4.69) is 15.3 Å². The summed E-state index contributed by atoms with van der Waals surface area (Å²) in [4.78, 5) is 0. The molecule has 1 heterocycles. The predicted octanol–water partition coefficient (Wildman–Crippen LogP) is 1.89. The van der Waals surface area contributed by atoms with Crippen molar-refractivity contribution in [1.82, 2.24) is 14.9 Å². The van der Waals surface area contributed by atoms with Gasteiger partial charge in [0.1, 0.15) is 0 Å². The molecule has 0 aliphatic heterocycles. The molecule has 0 radical (unpaired) electrons. The Balaban J connectivity index is 2.52. The Bertz CT molecular complexity index is 808. The van der Waals surface area contributed by atoms with Crippen LogP contribution in [0, 0.1) is 6.92 Å². The lowest BCUT2D eigenvalue weighted by Crippen LogP contribution is -2.15. The van der Waals surface area contributed by atoms with E-state index in [1.54, 1.807) is 24.3 Å². The molecule has 0 aliphatic carbocycles. The second-order valence-electron chi connectivity index (χ2n) is 4.54. The summed E-state index contributed by atoms with van der Waals surface area (Å²) < 4.78 is 61.7. The van der Waals surface area contributed by atoms with Gasteiger partial charge in [0.15, 0.2) is 0 Å². The minimum Gasteiger partial charge on any atom is -0.221 e. The molecule has 0 saturated carbocycles. The van der Waals surface area contributed by atoms with Crippen LogP contribution in [0.1, 0.15) is 17.0 Å². The summed E-state index contributed by atoms with van der Waals surface area (Å²) in [5.41, 5.74) is 1.47. The Morgan fingerprint density at radius 1 is 1.18 bits per heavy atom. The normalized spacial score (nSPS) is 13.0. The summed E-state index contributed by atoms with van der Waals surface area (Å²) in [6.45, 7) is 1.85. The molecular weight excluding hydrogens is 321 g/mol. The Kier molecular flexibility index (Phi) is 4.05. The first-order chi connectivity index (χ1) is 10.1. The lowest BCUT2D eigenvalue weighted by atomic mass is 10.2. The lowest BCUT2D eigenvalue weighted by Gasteiger charge is -2.06. The Morgan fingerprint density at radius 2 is 1.77 bits per heavy atom. The van der Waals surface area contributed by atoms with E-state index in [0.29, 0.717) is 5.56 Å². The van der Waals surface area contributed by atoms with Crippen LogP contribution in [0.4, 0.5) is 13.2 Å². The molecule has 0 saturated heterocycles. The number of hydrogen-bond donors (Lipinski definition) is 0. The first-order valence-corrected chi connectivity index (χ1v) is 7.82. The van der Waals surface area contributed by atoms with Gasteiger partial charge >= 0.3 is 6.18 Å². The van der Waals surface area contributed by atoms with Crippen molar-refractivity contribution in [2.24, 2.45) is 5.10 Å². The molecule has 0 spiro atoms. The van der Waals surface area contributed by atoms with E-state index in [0.717, 1.165) is 18.0 Å². The third-order valence-corrected chi connectivity index (χ3v) is 3.51. The summed E-state index contributed by atoms with van der Waals surface area (Å²) in [6.07, 6.45) is -3.04. The maximum absolute atomic E-state index is 12.8. The molecule has 22 heavy (non-hydrogen) atoms. The van der Waals surface area contributed by atoms with Crippen molar-refractivity contribution in [2.75, 3.05) is 6.26 Å². The zero-order chi connectivity index (χ0) is 16.5. The van der Waals surface area contributed by atoms with Crippen molar-refractivity contribution < 1.29 is 21.6 Å². The van der Waals surface area contributed by atoms with Crippen molar-refractivity contribution in [3.8, 4) is 0 Å². The van der Waals surface area contributed by atoms with Crippen LogP contribution in [0.3, 0.4) is 0 Å². The van der Waals surface area contributed by atoms with Crippen LogP contribution in [-0.4, -0.2) is 35.8 Å². The molecule has 0 amide bonds. The van der Waals surface area contributed by atoms with Gasteiger partial charge in [0.2, 0.25) is 9.84 Å². The number of nitrogens with zero attached hydrogens (tertiary/aromatic N) is 4. The molecule has 2 aromatic rings. The van der Waals surface area contributed by atoms with E-state index in [4.69, 9.17) is 0 Å². The number of benzene rings is 1. The number of hydrogen-bond acceptors (Lipinski definition) is 5. The molecule has 10 heteroatoms. The highest BCUT2D eigenvalue weighted by Gasteiger charge is 2.40. The molecule has 0 fully saturated rings. The van der Waals surface area contributed by atoms with Gasteiger partial charge in [0.05, 0.1) is 6.21 Å². The average molecular weight is 332 g/mol. The Morgan fingerprint density at radius 3 is 2.27 bits per heavy atom. The van der Waals surface area contributed by atoms with Gasteiger partial charge in [-0.05, 0) is 12.5 Å². The van der Waals surface area contributed by atoms with Crippen molar-refractivity contribution >= 4 is 16.1 Å². The van der Waals surface area contributed by atoms with Gasteiger partial charge in [-0.2, -0.15) is 22.9 Å². The van der Waals surface area contributed by atoms with E-state index < -0.39 is 27.0 Å². The van der Waals surface area contributed by atoms with Crippen LogP contribution in [0.2, 0.25) is 0 Å². The maximum Gasteiger partial charge on any atom is 0.453 e. The molecule has 2 rings (SSSR count). The van der Waals surface area contributed by atoms with Crippen molar-refractivity contribution in [2.45, 2.75) is 18.3 Å². The summed E-state index contributed by atoms with van der Waals surface area (Å²) in [5, 5.41) is 8.64. The van der Waals surface area contributed by atoms with E-state index in [1.807, 2.05) is 6.92 Å². The number of alkyl halides is 3. The second-order valence-corrected chi connectivity index (χ2v) is 6.45. The monoisotopic (exact) mass is 332 g/mol. The molecule has 1 aromatic carbocycles. The first-order valence-electron chi connectivity index (χ1n) is 5.93. The minimum atomic E-state index is -4.87. The highest BCUT2D eigenvalue weighted by Crippen LogP contribution is 2.28. The fourth-order valence-electron chi connectivity index (χ4n) is 1.55. The van der Waals surface area contributed by atoms with Crippen LogP contribution in [0.25, 0.3) is 0 Å². The quantitative estimate of drug-likeness (QED) is 0.804. The van der Waals surface area contributed by atoms with E-state index in [-0.39, 0.29) is 4.68 Å². The van der Waals surface area contributed by atoms with Gasteiger partial charge in [-0.3, -0.25) is 0 Å². The number of aryl methyl sites for hydroxylation is 1. The van der Waals surface area contributed by atoms with Crippen LogP contribution in [0.15, 0.2) is 34.5 Å². The van der Waals surface area contributed by atoms with Crippen molar-refractivity contribution in [3.63, 3.8) is 0 Å². The van der Waals surface area contributed by atoms with Gasteiger partial charge < -0.3 is 0 Å². The first kappa shape index (κ1) is 16.1. The molecule has 0 unspecified atom stereocenters. The minimum absolute atomic E-state index is 0.176. The van der Waals surface area contributed by atoms with Gasteiger partial charge in [0, 0.05) is 6.26 Å². The zero-order valence-corrected chi connectivity index (χ0v) is 12.4. The largest absolute Gasteiger partial charge is 0.453 e. The number of halogens is 3. The van der Waals surface area contributed by atoms with E-state index >= 15 is 0 Å². The lowest BCUT2D eigenvalue weighted by molar-refractivity contribution is -0.147. The Hall–Kier alpha value is -2.23. The summed E-state index contributed by atoms with van der Waals surface area (Å²) in [7, 11) is -4.01. The molecule has 0 N–H and O–H groups in total. The molecule has 118 valence electrons. The van der Waals surface area contributed by atoms with Gasteiger partial charge in [-0.1, -0.05) is 29.8 Å². The molecule has 1 aromatic heterocycles. The average Bonchev–Trinajstić information content (AvgIpc) is 2.81. The van der Waals surface area contributed by atoms with E-state index in [1.165, 1.54) is 0 Å². The van der Waals surface area contributed by atoms with E-state index in [9.17, 15) is 21.6 Å². The topological polar surface area (TPSA) is 77.2 Å². The van der Waals surface area contributed by atoms with Gasteiger partial charge in [-0.25, -0.2) is 8.42 Å². The smallest absolute Gasteiger partial charge is 0.221 e. The van der Waals surface area contributed by atoms with Gasteiger partial charge in [0.25, 0.3) is 11.0 Å². The fourth-order valence-corrected chi connectivity index (χ4v) is 2.19. The molecule has 0 aliphatic rings. The molecular formula is C12H11F3N4O2S. The van der Waals surface area contributed by atoms with Crippen LogP contribution < -0.4 is 0 Å². The van der Waals surface area contributed by atoms with Crippen molar-refractivity contribution in [3.05, 3.63) is 41.2 Å². The maximum atomic E-state index is 12.8. The van der Waals surface area contributed by atoms with Crippen LogP contribution in [0.5, 0.6) is 0 Å². The van der Waals surface area contributed by atoms with Crippen LogP contribution >= 0.6 is 0 Å². The highest BCUT2D eigenvalue weighted by molar-refractivity contribution is 7.90. The standard InChI is InChI=1S/C12H11F3N4O2S/c1-8-3-5-9(6-4-8)7-16-19-10(12(13,14)15)17-18-11(19)22(2,20)21/h3-7H,1-2H3/b16-7+.